The molecule has 0 bridgehead atoms. The van der Waals surface area contributed by atoms with Gasteiger partial charge in [0.25, 0.3) is 0 Å². The highest BCUT2D eigenvalue weighted by Gasteiger charge is 2.12. The zero-order valence-corrected chi connectivity index (χ0v) is 10.9. The Hall–Kier alpha value is -1.46. The fourth-order valence-corrected chi connectivity index (χ4v) is 1.81. The predicted octanol–water partition coefficient (Wildman–Crippen LogP) is 3.15. The molecule has 0 spiro atoms. The molecule has 1 aromatic carbocycles. The van der Waals surface area contributed by atoms with Gasteiger partial charge in [-0.25, -0.2) is 0 Å². The Morgan fingerprint density at radius 3 is 2.71 bits per heavy atom. The van der Waals surface area contributed by atoms with Crippen LogP contribution in [0.1, 0.15) is 38.8 Å². The summed E-state index contributed by atoms with van der Waals surface area (Å²) in [4.78, 5) is 0. The molecule has 0 saturated carbocycles. The van der Waals surface area contributed by atoms with Gasteiger partial charge < -0.3 is 10.1 Å². The van der Waals surface area contributed by atoms with Gasteiger partial charge in [-0.2, -0.15) is 0 Å². The third kappa shape index (κ3) is 4.13. The first-order valence-electron chi connectivity index (χ1n) is 6.18. The minimum Gasteiger partial charge on any atom is -0.481 e. The van der Waals surface area contributed by atoms with E-state index in [1.165, 1.54) is 5.56 Å². The van der Waals surface area contributed by atoms with Crippen molar-refractivity contribution in [3.63, 3.8) is 0 Å². The summed E-state index contributed by atoms with van der Waals surface area (Å²) < 4.78 is 5.69. The fraction of sp³-hybridized carbons (Fsp3) is 0.467. The van der Waals surface area contributed by atoms with Crippen LogP contribution in [0, 0.1) is 11.8 Å². The van der Waals surface area contributed by atoms with Crippen LogP contribution in [0.4, 0.5) is 0 Å². The quantitative estimate of drug-likeness (QED) is 0.759. The van der Waals surface area contributed by atoms with Crippen LogP contribution in [0.25, 0.3) is 0 Å². The molecule has 1 rings (SSSR count). The number of benzene rings is 1. The van der Waals surface area contributed by atoms with Crippen LogP contribution < -0.4 is 10.1 Å². The Labute approximate surface area is 104 Å². The Bertz CT molecular complexity index is 389. The normalized spacial score (nSPS) is 11.5. The van der Waals surface area contributed by atoms with Crippen LogP contribution in [0.2, 0.25) is 0 Å². The molecule has 0 aromatic heterocycles. The zero-order valence-electron chi connectivity index (χ0n) is 10.9. The van der Waals surface area contributed by atoms with Crippen molar-refractivity contribution >= 4 is 0 Å². The van der Waals surface area contributed by atoms with Crippen LogP contribution in [0.5, 0.6) is 5.75 Å². The van der Waals surface area contributed by atoms with Gasteiger partial charge in [0.1, 0.15) is 12.4 Å². The monoisotopic (exact) mass is 231 g/mol. The van der Waals surface area contributed by atoms with Gasteiger partial charge in [0, 0.05) is 11.6 Å². The molecule has 0 aliphatic heterocycles. The van der Waals surface area contributed by atoms with Gasteiger partial charge in [0.05, 0.1) is 0 Å². The van der Waals surface area contributed by atoms with E-state index >= 15 is 0 Å². The molecule has 0 saturated heterocycles. The van der Waals surface area contributed by atoms with Crippen molar-refractivity contribution < 1.29 is 4.74 Å². The number of ether oxygens (including phenoxy) is 1. The summed E-state index contributed by atoms with van der Waals surface area (Å²) in [7, 11) is 0. The zero-order chi connectivity index (χ0) is 12.5. The predicted molar refractivity (Wildman–Crippen MR) is 72.1 cm³/mol. The van der Waals surface area contributed by atoms with Crippen LogP contribution in [-0.4, -0.2) is 13.2 Å². The van der Waals surface area contributed by atoms with Crippen LogP contribution in [0.3, 0.4) is 0 Å². The van der Waals surface area contributed by atoms with E-state index in [-0.39, 0.29) is 0 Å². The van der Waals surface area contributed by atoms with Crippen molar-refractivity contribution in [2.75, 3.05) is 13.2 Å². The van der Waals surface area contributed by atoms with Gasteiger partial charge in [0.15, 0.2) is 0 Å². The molecule has 1 N–H and O–H groups in total. The van der Waals surface area contributed by atoms with Gasteiger partial charge in [-0.3, -0.25) is 0 Å². The topological polar surface area (TPSA) is 21.3 Å². The molecule has 0 aliphatic rings. The number of hydrogen-bond donors (Lipinski definition) is 1. The third-order valence-corrected chi connectivity index (χ3v) is 2.63. The van der Waals surface area contributed by atoms with Gasteiger partial charge >= 0.3 is 0 Å². The first kappa shape index (κ1) is 13.6. The maximum atomic E-state index is 5.69. The second-order valence-corrected chi connectivity index (χ2v) is 3.77. The van der Waals surface area contributed by atoms with Gasteiger partial charge in [-0.15, -0.1) is 5.92 Å². The third-order valence-electron chi connectivity index (χ3n) is 2.63. The van der Waals surface area contributed by atoms with E-state index in [4.69, 9.17) is 4.74 Å². The molecule has 2 nitrogen and oxygen atoms in total. The van der Waals surface area contributed by atoms with Crippen LogP contribution >= 0.6 is 0 Å². The maximum Gasteiger partial charge on any atom is 0.149 e. The van der Waals surface area contributed by atoms with E-state index in [0.29, 0.717) is 12.6 Å². The average molecular weight is 231 g/mol. The van der Waals surface area contributed by atoms with E-state index in [1.54, 1.807) is 0 Å². The number of para-hydroxylation sites is 1. The summed E-state index contributed by atoms with van der Waals surface area (Å²) >= 11 is 0. The Morgan fingerprint density at radius 2 is 2.06 bits per heavy atom. The lowest BCUT2D eigenvalue weighted by Crippen LogP contribution is -2.20. The fourth-order valence-electron chi connectivity index (χ4n) is 1.81. The molecule has 1 unspecified atom stereocenters. The lowest BCUT2D eigenvalue weighted by Gasteiger charge is -2.19. The number of rotatable bonds is 6. The highest BCUT2D eigenvalue weighted by atomic mass is 16.5. The number of nitrogens with one attached hydrogen (secondary N) is 1. The summed E-state index contributed by atoms with van der Waals surface area (Å²) in [5.41, 5.74) is 1.22. The summed E-state index contributed by atoms with van der Waals surface area (Å²) in [6, 6.07) is 8.52. The molecule has 0 fully saturated rings. The van der Waals surface area contributed by atoms with Gasteiger partial charge in [-0.05, 0) is 26.0 Å². The lowest BCUT2D eigenvalue weighted by molar-refractivity contribution is 0.358. The molecule has 1 atom stereocenters. The Morgan fingerprint density at radius 1 is 1.29 bits per heavy atom. The number of hydrogen-bond acceptors (Lipinski definition) is 2. The average Bonchev–Trinajstić information content (AvgIpc) is 2.37. The van der Waals surface area contributed by atoms with Crippen LogP contribution in [0.15, 0.2) is 24.3 Å². The molecule has 2 heteroatoms. The molecule has 17 heavy (non-hydrogen) atoms. The summed E-state index contributed by atoms with van der Waals surface area (Å²) in [5.74, 6) is 6.69. The van der Waals surface area contributed by atoms with E-state index in [1.807, 2.05) is 25.1 Å². The molecular formula is C15H21NO. The lowest BCUT2D eigenvalue weighted by atomic mass is 10.0. The second kappa shape index (κ2) is 7.76. The van der Waals surface area contributed by atoms with Crippen molar-refractivity contribution in [3.8, 4) is 17.6 Å². The second-order valence-electron chi connectivity index (χ2n) is 3.77. The van der Waals surface area contributed by atoms with Crippen LogP contribution in [-0.2, 0) is 0 Å². The standard InChI is InChI=1S/C15H21NO/c1-4-7-12-17-15-11-9-8-10-13(15)14(5-2)16-6-3/h8-11,14,16H,5-6,12H2,1-3H3. The highest BCUT2D eigenvalue weighted by Crippen LogP contribution is 2.26. The molecule has 0 aliphatic carbocycles. The maximum absolute atomic E-state index is 5.69. The van der Waals surface area contributed by atoms with E-state index in [0.717, 1.165) is 18.7 Å². The van der Waals surface area contributed by atoms with E-state index in [2.05, 4.69) is 37.1 Å². The largest absolute Gasteiger partial charge is 0.481 e. The minimum absolute atomic E-state index is 0.353. The van der Waals surface area contributed by atoms with Crippen molar-refractivity contribution in [2.24, 2.45) is 0 Å². The van der Waals surface area contributed by atoms with Crippen molar-refractivity contribution in [3.05, 3.63) is 29.8 Å². The first-order chi connectivity index (χ1) is 8.33. The van der Waals surface area contributed by atoms with Crippen molar-refractivity contribution in [1.29, 1.82) is 0 Å². The minimum atomic E-state index is 0.353. The molecule has 1 aromatic rings. The van der Waals surface area contributed by atoms with Crippen molar-refractivity contribution in [2.45, 2.75) is 33.2 Å². The molecule has 92 valence electrons. The van der Waals surface area contributed by atoms with Gasteiger partial charge in [0.2, 0.25) is 0 Å². The SMILES string of the molecule is CC#CCOc1ccccc1C(CC)NCC. The first-order valence-corrected chi connectivity index (χ1v) is 6.18. The molecular weight excluding hydrogens is 210 g/mol. The summed E-state index contributed by atoms with van der Waals surface area (Å²) in [6.07, 6.45) is 1.05. The van der Waals surface area contributed by atoms with E-state index < -0.39 is 0 Å². The summed E-state index contributed by atoms with van der Waals surface area (Å²) in [6.45, 7) is 7.53. The highest BCUT2D eigenvalue weighted by molar-refractivity contribution is 5.36. The Balaban J connectivity index is 2.83. The summed E-state index contributed by atoms with van der Waals surface area (Å²) in [5, 5.41) is 3.46. The van der Waals surface area contributed by atoms with Crippen molar-refractivity contribution in [1.82, 2.24) is 5.32 Å². The molecule has 0 radical (unpaired) electrons. The molecule has 0 heterocycles. The Kier molecular flexibility index (Phi) is 6.21. The van der Waals surface area contributed by atoms with Gasteiger partial charge in [-0.1, -0.05) is 38.0 Å². The molecule has 0 amide bonds. The smallest absolute Gasteiger partial charge is 0.149 e. The van der Waals surface area contributed by atoms with E-state index in [9.17, 15) is 0 Å².